The van der Waals surface area contributed by atoms with Crippen LogP contribution in [0.5, 0.6) is 0 Å². The molecule has 1 fully saturated rings. The lowest BCUT2D eigenvalue weighted by atomic mass is 9.97. The van der Waals surface area contributed by atoms with E-state index in [0.717, 1.165) is 75.4 Å². The molecular formula is C18H23N5O. The second-order valence-corrected chi connectivity index (χ2v) is 6.87. The van der Waals surface area contributed by atoms with Crippen LogP contribution in [0.15, 0.2) is 29.3 Å². The molecule has 0 unspecified atom stereocenters. The van der Waals surface area contributed by atoms with Gasteiger partial charge in [-0.3, -0.25) is 9.69 Å². The molecule has 2 aromatic heterocycles. The van der Waals surface area contributed by atoms with Crippen molar-refractivity contribution >= 4 is 0 Å². The lowest BCUT2D eigenvalue weighted by Crippen LogP contribution is -2.37. The van der Waals surface area contributed by atoms with E-state index in [0.29, 0.717) is 5.92 Å². The molecule has 1 aliphatic carbocycles. The summed E-state index contributed by atoms with van der Waals surface area (Å²) in [6.07, 6.45) is 8.94. The standard InChI is InChI=1S/C18H23N5O/c24-18-11-15-3-1-4-16(15)21-23(18)12-14-5-9-22(10-6-14)13-17-19-7-2-8-20-17/h2,7-8,11,14H,1,3-6,9-10,12-13H2. The number of nitrogens with zero attached hydrogens (tertiary/aromatic N) is 5. The minimum Gasteiger partial charge on any atom is -0.296 e. The Hall–Kier alpha value is -2.08. The van der Waals surface area contributed by atoms with Gasteiger partial charge in [0.05, 0.1) is 12.2 Å². The van der Waals surface area contributed by atoms with Crippen LogP contribution >= 0.6 is 0 Å². The summed E-state index contributed by atoms with van der Waals surface area (Å²) >= 11 is 0. The molecule has 3 heterocycles. The van der Waals surface area contributed by atoms with Crippen LogP contribution in [0.4, 0.5) is 0 Å². The van der Waals surface area contributed by atoms with Gasteiger partial charge in [0, 0.05) is 25.0 Å². The van der Waals surface area contributed by atoms with Crippen LogP contribution in [0.2, 0.25) is 0 Å². The molecule has 1 saturated heterocycles. The number of fused-ring (bicyclic) bond motifs is 1. The summed E-state index contributed by atoms with van der Waals surface area (Å²) in [4.78, 5) is 23.2. The maximum Gasteiger partial charge on any atom is 0.267 e. The fraction of sp³-hybridized carbons (Fsp3) is 0.556. The molecule has 126 valence electrons. The van der Waals surface area contributed by atoms with Crippen molar-refractivity contribution in [3.8, 4) is 0 Å². The smallest absolute Gasteiger partial charge is 0.267 e. The number of hydrogen-bond donors (Lipinski definition) is 0. The highest BCUT2D eigenvalue weighted by Crippen LogP contribution is 2.21. The van der Waals surface area contributed by atoms with Crippen molar-refractivity contribution in [3.63, 3.8) is 0 Å². The van der Waals surface area contributed by atoms with Crippen LogP contribution in [0.1, 0.15) is 36.3 Å². The summed E-state index contributed by atoms with van der Waals surface area (Å²) in [5.41, 5.74) is 2.36. The Morgan fingerprint density at radius 1 is 1.12 bits per heavy atom. The van der Waals surface area contributed by atoms with Gasteiger partial charge >= 0.3 is 0 Å². The van der Waals surface area contributed by atoms with Crippen LogP contribution in [0.3, 0.4) is 0 Å². The zero-order valence-electron chi connectivity index (χ0n) is 13.9. The van der Waals surface area contributed by atoms with E-state index in [1.54, 1.807) is 23.1 Å². The molecule has 2 aliphatic rings. The monoisotopic (exact) mass is 325 g/mol. The molecule has 6 nitrogen and oxygen atoms in total. The van der Waals surface area contributed by atoms with Crippen molar-refractivity contribution in [2.75, 3.05) is 13.1 Å². The molecule has 4 rings (SSSR count). The number of aryl methyl sites for hydroxylation is 2. The summed E-state index contributed by atoms with van der Waals surface area (Å²) in [5, 5.41) is 4.60. The van der Waals surface area contributed by atoms with Gasteiger partial charge in [-0.1, -0.05) is 0 Å². The molecule has 0 spiro atoms. The summed E-state index contributed by atoms with van der Waals surface area (Å²) in [7, 11) is 0. The van der Waals surface area contributed by atoms with Crippen molar-refractivity contribution in [2.24, 2.45) is 5.92 Å². The van der Waals surface area contributed by atoms with Gasteiger partial charge in [0.2, 0.25) is 0 Å². The van der Waals surface area contributed by atoms with Gasteiger partial charge in [-0.25, -0.2) is 14.6 Å². The molecule has 0 aromatic carbocycles. The summed E-state index contributed by atoms with van der Waals surface area (Å²) in [6.45, 7) is 3.62. The maximum absolute atomic E-state index is 12.2. The average molecular weight is 325 g/mol. The van der Waals surface area contributed by atoms with E-state index in [-0.39, 0.29) is 5.56 Å². The van der Waals surface area contributed by atoms with Crippen molar-refractivity contribution in [1.29, 1.82) is 0 Å². The largest absolute Gasteiger partial charge is 0.296 e. The zero-order valence-corrected chi connectivity index (χ0v) is 13.9. The van der Waals surface area contributed by atoms with E-state index in [1.165, 1.54) is 0 Å². The SMILES string of the molecule is O=c1cc2c(nn1CC1CCN(Cc3ncccn3)CC1)CCC2. The van der Waals surface area contributed by atoms with E-state index in [9.17, 15) is 4.79 Å². The fourth-order valence-corrected chi connectivity index (χ4v) is 3.75. The van der Waals surface area contributed by atoms with Gasteiger partial charge in [-0.05, 0) is 62.7 Å². The third-order valence-corrected chi connectivity index (χ3v) is 5.15. The van der Waals surface area contributed by atoms with E-state index < -0.39 is 0 Å². The van der Waals surface area contributed by atoms with Crippen molar-refractivity contribution in [1.82, 2.24) is 24.6 Å². The van der Waals surface area contributed by atoms with E-state index in [2.05, 4.69) is 20.0 Å². The Morgan fingerprint density at radius 3 is 2.71 bits per heavy atom. The third-order valence-electron chi connectivity index (χ3n) is 5.15. The fourth-order valence-electron chi connectivity index (χ4n) is 3.75. The Labute approximate surface area is 141 Å². The molecule has 2 aromatic rings. The molecule has 0 amide bonds. The zero-order chi connectivity index (χ0) is 16.4. The Balaban J connectivity index is 1.34. The van der Waals surface area contributed by atoms with Gasteiger partial charge in [0.1, 0.15) is 5.82 Å². The van der Waals surface area contributed by atoms with Gasteiger partial charge in [-0.2, -0.15) is 5.10 Å². The Bertz CT molecular complexity index is 750. The number of rotatable bonds is 4. The second kappa shape index (κ2) is 6.81. The number of piperidine rings is 1. The van der Waals surface area contributed by atoms with Gasteiger partial charge < -0.3 is 0 Å². The quantitative estimate of drug-likeness (QED) is 0.851. The number of hydrogen-bond acceptors (Lipinski definition) is 5. The predicted molar refractivity (Wildman–Crippen MR) is 90.6 cm³/mol. The first-order valence-electron chi connectivity index (χ1n) is 8.86. The van der Waals surface area contributed by atoms with Gasteiger partial charge in [-0.15, -0.1) is 0 Å². The van der Waals surface area contributed by atoms with Gasteiger partial charge in [0.15, 0.2) is 0 Å². The first kappa shape index (κ1) is 15.4. The van der Waals surface area contributed by atoms with E-state index >= 15 is 0 Å². The van der Waals surface area contributed by atoms with Crippen LogP contribution in [0, 0.1) is 5.92 Å². The topological polar surface area (TPSA) is 63.9 Å². The van der Waals surface area contributed by atoms with Crippen molar-refractivity contribution in [2.45, 2.75) is 45.2 Å². The van der Waals surface area contributed by atoms with Crippen LogP contribution in [-0.4, -0.2) is 37.7 Å². The molecule has 0 N–H and O–H groups in total. The van der Waals surface area contributed by atoms with Gasteiger partial charge in [0.25, 0.3) is 5.56 Å². The number of aromatic nitrogens is 4. The molecule has 0 radical (unpaired) electrons. The predicted octanol–water partition coefficient (Wildman–Crippen LogP) is 1.43. The van der Waals surface area contributed by atoms with Crippen molar-refractivity contribution < 1.29 is 0 Å². The lowest BCUT2D eigenvalue weighted by molar-refractivity contribution is 0.160. The Kier molecular flexibility index (Phi) is 4.38. The molecule has 0 atom stereocenters. The summed E-state index contributed by atoms with van der Waals surface area (Å²) in [6, 6.07) is 3.65. The minimum absolute atomic E-state index is 0.0655. The third kappa shape index (κ3) is 3.38. The van der Waals surface area contributed by atoms with E-state index in [4.69, 9.17) is 0 Å². The van der Waals surface area contributed by atoms with E-state index in [1.807, 2.05) is 6.07 Å². The highest BCUT2D eigenvalue weighted by molar-refractivity contribution is 5.22. The van der Waals surface area contributed by atoms with Crippen LogP contribution < -0.4 is 5.56 Å². The number of likely N-dealkylation sites (tertiary alicyclic amines) is 1. The average Bonchev–Trinajstić information content (AvgIpc) is 3.05. The van der Waals surface area contributed by atoms with Crippen LogP contribution in [0.25, 0.3) is 0 Å². The highest BCUT2D eigenvalue weighted by Gasteiger charge is 2.22. The summed E-state index contributed by atoms with van der Waals surface area (Å²) < 4.78 is 1.70. The second-order valence-electron chi connectivity index (χ2n) is 6.87. The van der Waals surface area contributed by atoms with Crippen LogP contribution in [-0.2, 0) is 25.9 Å². The summed E-state index contributed by atoms with van der Waals surface area (Å²) in [5.74, 6) is 1.41. The molecule has 0 bridgehead atoms. The maximum atomic E-state index is 12.2. The minimum atomic E-state index is 0.0655. The molecule has 1 aliphatic heterocycles. The highest BCUT2D eigenvalue weighted by atomic mass is 16.1. The first-order valence-corrected chi connectivity index (χ1v) is 8.86. The molecular weight excluding hydrogens is 302 g/mol. The molecule has 6 heteroatoms. The van der Waals surface area contributed by atoms with Crippen molar-refractivity contribution in [3.05, 3.63) is 52.0 Å². The molecule has 24 heavy (non-hydrogen) atoms. The normalized spacial score (nSPS) is 18.7. The molecule has 0 saturated carbocycles. The Morgan fingerprint density at radius 2 is 1.92 bits per heavy atom. The first-order chi connectivity index (χ1) is 11.8. The lowest BCUT2D eigenvalue weighted by Gasteiger charge is -2.31.